The Kier molecular flexibility index (Phi) is 3.66. The largest absolute Gasteiger partial charge is 0.392 e. The molecule has 1 heterocycles. The zero-order chi connectivity index (χ0) is 14.9. The first-order valence-corrected chi connectivity index (χ1v) is 5.95. The van der Waals surface area contributed by atoms with Crippen molar-refractivity contribution in [2.75, 3.05) is 18.5 Å². The second-order valence-electron chi connectivity index (χ2n) is 4.58. The second kappa shape index (κ2) is 5.25. The third-order valence-corrected chi connectivity index (χ3v) is 2.88. The van der Waals surface area contributed by atoms with Crippen LogP contribution in [0.3, 0.4) is 0 Å². The van der Waals surface area contributed by atoms with Crippen LogP contribution in [0.25, 0.3) is 10.9 Å². The van der Waals surface area contributed by atoms with E-state index in [1.807, 2.05) is 0 Å². The first-order valence-electron chi connectivity index (χ1n) is 5.95. The van der Waals surface area contributed by atoms with Crippen LogP contribution in [-0.4, -0.2) is 39.7 Å². The standard InChI is InChI=1S/C12H14N4O4/c1-7(17)5-15(2)10-4-9-8(3-11(10)16(19)20)12(18)14-6-13-9/h3-4,6-7,17H,5H2,1-2H3,(H,13,14,18). The molecule has 1 aromatic heterocycles. The normalized spacial score (nSPS) is 12.3. The molecule has 0 saturated carbocycles. The van der Waals surface area contributed by atoms with E-state index in [0.717, 1.165) is 0 Å². The Hall–Kier alpha value is -2.48. The third-order valence-electron chi connectivity index (χ3n) is 2.88. The minimum Gasteiger partial charge on any atom is -0.392 e. The Morgan fingerprint density at radius 1 is 1.55 bits per heavy atom. The number of rotatable bonds is 4. The van der Waals surface area contributed by atoms with Crippen LogP contribution < -0.4 is 10.5 Å². The smallest absolute Gasteiger partial charge is 0.293 e. The van der Waals surface area contributed by atoms with Crippen LogP contribution in [0.2, 0.25) is 0 Å². The molecule has 106 valence electrons. The van der Waals surface area contributed by atoms with Crippen molar-refractivity contribution in [1.82, 2.24) is 9.97 Å². The number of aliphatic hydroxyl groups is 1. The molecule has 8 heteroatoms. The van der Waals surface area contributed by atoms with Gasteiger partial charge in [0.2, 0.25) is 0 Å². The fourth-order valence-corrected chi connectivity index (χ4v) is 2.04. The molecule has 1 aromatic carbocycles. The second-order valence-corrected chi connectivity index (χ2v) is 4.58. The van der Waals surface area contributed by atoms with E-state index in [2.05, 4.69) is 9.97 Å². The maximum absolute atomic E-state index is 11.6. The number of H-pyrrole nitrogens is 1. The molecule has 0 amide bonds. The number of aromatic amines is 1. The molecule has 0 saturated heterocycles. The highest BCUT2D eigenvalue weighted by Gasteiger charge is 2.20. The monoisotopic (exact) mass is 278 g/mol. The number of nitrogens with zero attached hydrogens (tertiary/aromatic N) is 3. The Bertz CT molecular complexity index is 710. The number of fused-ring (bicyclic) bond motifs is 1. The molecule has 2 aromatic rings. The molecule has 0 fully saturated rings. The van der Waals surface area contributed by atoms with E-state index in [9.17, 15) is 20.0 Å². The lowest BCUT2D eigenvalue weighted by Crippen LogP contribution is -2.27. The van der Waals surface area contributed by atoms with Crippen molar-refractivity contribution in [3.63, 3.8) is 0 Å². The van der Waals surface area contributed by atoms with Gasteiger partial charge in [0, 0.05) is 19.7 Å². The summed E-state index contributed by atoms with van der Waals surface area (Å²) < 4.78 is 0. The van der Waals surface area contributed by atoms with E-state index in [1.54, 1.807) is 18.9 Å². The first kappa shape index (κ1) is 13.9. The average molecular weight is 278 g/mol. The maximum atomic E-state index is 11.6. The van der Waals surface area contributed by atoms with Crippen molar-refractivity contribution in [3.05, 3.63) is 38.9 Å². The van der Waals surface area contributed by atoms with Gasteiger partial charge >= 0.3 is 0 Å². The van der Waals surface area contributed by atoms with Crippen molar-refractivity contribution in [2.45, 2.75) is 13.0 Å². The summed E-state index contributed by atoms with van der Waals surface area (Å²) in [6.45, 7) is 1.82. The molecule has 0 aliphatic heterocycles. The fourth-order valence-electron chi connectivity index (χ4n) is 2.04. The fraction of sp³-hybridized carbons (Fsp3) is 0.333. The molecular weight excluding hydrogens is 264 g/mol. The summed E-state index contributed by atoms with van der Waals surface area (Å²) in [4.78, 5) is 30.2. The van der Waals surface area contributed by atoms with Gasteiger partial charge in [-0.15, -0.1) is 0 Å². The lowest BCUT2D eigenvalue weighted by atomic mass is 10.1. The van der Waals surface area contributed by atoms with Crippen LogP contribution in [-0.2, 0) is 0 Å². The number of aromatic nitrogens is 2. The Balaban J connectivity index is 2.66. The minimum absolute atomic E-state index is 0.161. The van der Waals surface area contributed by atoms with Gasteiger partial charge in [0.15, 0.2) is 0 Å². The zero-order valence-corrected chi connectivity index (χ0v) is 11.0. The van der Waals surface area contributed by atoms with Gasteiger partial charge in [-0.1, -0.05) is 0 Å². The van der Waals surface area contributed by atoms with E-state index in [-0.39, 0.29) is 17.6 Å². The van der Waals surface area contributed by atoms with Crippen LogP contribution in [0.5, 0.6) is 0 Å². The zero-order valence-electron chi connectivity index (χ0n) is 11.0. The van der Waals surface area contributed by atoms with Gasteiger partial charge in [-0.2, -0.15) is 0 Å². The number of benzene rings is 1. The summed E-state index contributed by atoms with van der Waals surface area (Å²) in [5.74, 6) is 0. The van der Waals surface area contributed by atoms with E-state index < -0.39 is 16.6 Å². The number of hydrogen-bond donors (Lipinski definition) is 2. The number of nitro groups is 1. The van der Waals surface area contributed by atoms with Crippen LogP contribution in [0.15, 0.2) is 23.3 Å². The van der Waals surface area contributed by atoms with Gasteiger partial charge in [0.25, 0.3) is 11.2 Å². The summed E-state index contributed by atoms with van der Waals surface area (Å²) in [6.07, 6.45) is 0.608. The third kappa shape index (κ3) is 2.59. The lowest BCUT2D eigenvalue weighted by Gasteiger charge is -2.20. The topological polar surface area (TPSA) is 112 Å². The number of anilines is 1. The van der Waals surface area contributed by atoms with E-state index in [4.69, 9.17) is 0 Å². The van der Waals surface area contributed by atoms with Crippen LogP contribution in [0.1, 0.15) is 6.92 Å². The molecule has 8 nitrogen and oxygen atoms in total. The van der Waals surface area contributed by atoms with Crippen molar-refractivity contribution in [2.24, 2.45) is 0 Å². The number of hydrogen-bond acceptors (Lipinski definition) is 6. The molecule has 0 aliphatic rings. The van der Waals surface area contributed by atoms with E-state index >= 15 is 0 Å². The van der Waals surface area contributed by atoms with Gasteiger partial charge in [-0.3, -0.25) is 14.9 Å². The molecule has 0 bridgehead atoms. The Labute approximate surface area is 113 Å². The maximum Gasteiger partial charge on any atom is 0.293 e. The van der Waals surface area contributed by atoms with E-state index in [0.29, 0.717) is 11.2 Å². The highest BCUT2D eigenvalue weighted by Crippen LogP contribution is 2.30. The summed E-state index contributed by atoms with van der Waals surface area (Å²) >= 11 is 0. The Morgan fingerprint density at radius 3 is 2.85 bits per heavy atom. The molecular formula is C12H14N4O4. The number of nitrogens with one attached hydrogen (secondary N) is 1. The first-order chi connectivity index (χ1) is 9.40. The predicted octanol–water partition coefficient (Wildman–Crippen LogP) is 0.648. The van der Waals surface area contributed by atoms with Gasteiger partial charge in [0.05, 0.1) is 28.3 Å². The lowest BCUT2D eigenvalue weighted by molar-refractivity contribution is -0.384. The quantitative estimate of drug-likeness (QED) is 0.627. The average Bonchev–Trinajstić information content (AvgIpc) is 2.36. The summed E-state index contributed by atoms with van der Waals surface area (Å²) in [5.41, 5.74) is 0.0512. The van der Waals surface area contributed by atoms with Crippen molar-refractivity contribution in [1.29, 1.82) is 0 Å². The summed E-state index contributed by atoms with van der Waals surface area (Å²) in [6, 6.07) is 2.68. The van der Waals surface area contributed by atoms with Crippen molar-refractivity contribution >= 4 is 22.3 Å². The van der Waals surface area contributed by atoms with Crippen LogP contribution >= 0.6 is 0 Å². The highest BCUT2D eigenvalue weighted by molar-refractivity contribution is 5.86. The van der Waals surface area contributed by atoms with Crippen molar-refractivity contribution < 1.29 is 10.0 Å². The SMILES string of the molecule is CC(O)CN(C)c1cc2nc[nH]c(=O)c2cc1[N+](=O)[O-]. The molecule has 0 spiro atoms. The summed E-state index contributed by atoms with van der Waals surface area (Å²) in [7, 11) is 1.63. The predicted molar refractivity (Wildman–Crippen MR) is 74.0 cm³/mol. The van der Waals surface area contributed by atoms with Gasteiger partial charge in [0.1, 0.15) is 5.69 Å². The molecule has 2 rings (SSSR count). The Morgan fingerprint density at radius 2 is 2.25 bits per heavy atom. The van der Waals surface area contributed by atoms with Crippen LogP contribution in [0.4, 0.5) is 11.4 Å². The molecule has 20 heavy (non-hydrogen) atoms. The molecule has 1 atom stereocenters. The molecule has 0 aliphatic carbocycles. The van der Waals surface area contributed by atoms with Crippen LogP contribution in [0, 0.1) is 10.1 Å². The molecule has 0 radical (unpaired) electrons. The van der Waals surface area contributed by atoms with Gasteiger partial charge in [-0.25, -0.2) is 4.98 Å². The van der Waals surface area contributed by atoms with Gasteiger partial charge < -0.3 is 15.0 Å². The number of nitro benzene ring substituents is 1. The number of likely N-dealkylation sites (N-methyl/N-ethyl adjacent to an activating group) is 1. The molecule has 1 unspecified atom stereocenters. The highest BCUT2D eigenvalue weighted by atomic mass is 16.6. The number of aliphatic hydroxyl groups excluding tert-OH is 1. The van der Waals surface area contributed by atoms with E-state index in [1.165, 1.54) is 18.5 Å². The van der Waals surface area contributed by atoms with Crippen molar-refractivity contribution in [3.8, 4) is 0 Å². The summed E-state index contributed by atoms with van der Waals surface area (Å²) in [5, 5.41) is 20.7. The molecule has 2 N–H and O–H groups in total. The minimum atomic E-state index is -0.637. The van der Waals surface area contributed by atoms with Gasteiger partial charge in [-0.05, 0) is 13.0 Å².